The lowest BCUT2D eigenvalue weighted by Crippen LogP contribution is -2.19. The van der Waals surface area contributed by atoms with Crippen LogP contribution in [-0.2, 0) is 0 Å². The molecule has 5 rings (SSSR count). The quantitative estimate of drug-likeness (QED) is 0.229. The molecule has 2 heterocycles. The lowest BCUT2D eigenvalue weighted by Gasteiger charge is -2.08. The Morgan fingerprint density at radius 2 is 1.26 bits per heavy atom. The molecule has 0 radical (unpaired) electrons. The fourth-order valence-corrected chi connectivity index (χ4v) is 3.78. The highest BCUT2D eigenvalue weighted by Gasteiger charge is 2.07. The lowest BCUT2D eigenvalue weighted by molar-refractivity contribution is 0.0955. The van der Waals surface area contributed by atoms with E-state index < -0.39 is 0 Å². The Kier molecular flexibility index (Phi) is 7.17. The predicted molar refractivity (Wildman–Crippen MR) is 149 cm³/mol. The molecule has 0 aliphatic rings. The first-order valence-electron chi connectivity index (χ1n) is 12.0. The molecule has 0 fully saturated rings. The fraction of sp³-hybridized carbons (Fsp3) is 0.0690. The number of imidazole rings is 2. The van der Waals surface area contributed by atoms with Gasteiger partial charge in [-0.1, -0.05) is 30.3 Å². The van der Waals surface area contributed by atoms with Gasteiger partial charge in [0.25, 0.3) is 5.91 Å². The molecule has 38 heavy (non-hydrogen) atoms. The Labute approximate surface area is 220 Å². The Hall–Kier alpha value is -5.31. The molecule has 0 aliphatic heterocycles. The number of aromatic nitrogens is 4. The third-order valence-electron chi connectivity index (χ3n) is 5.98. The van der Waals surface area contributed by atoms with Gasteiger partial charge >= 0.3 is 0 Å². The SMILES string of the molecule is CC(=NNC(=O)c1cccc(NN=C(C)c2ccc(-n3ccnc3)cc2)c1)c1ccc(-n2ccnc2)cc1. The van der Waals surface area contributed by atoms with E-state index in [0.29, 0.717) is 17.0 Å². The third-order valence-corrected chi connectivity index (χ3v) is 5.98. The van der Waals surface area contributed by atoms with Gasteiger partial charge < -0.3 is 9.13 Å². The van der Waals surface area contributed by atoms with Gasteiger partial charge in [-0.25, -0.2) is 15.4 Å². The smallest absolute Gasteiger partial charge is 0.271 e. The number of rotatable bonds is 8. The summed E-state index contributed by atoms with van der Waals surface area (Å²) in [4.78, 5) is 20.9. The van der Waals surface area contributed by atoms with Crippen molar-refractivity contribution in [3.8, 4) is 11.4 Å². The summed E-state index contributed by atoms with van der Waals surface area (Å²) in [5.41, 5.74) is 12.3. The van der Waals surface area contributed by atoms with Gasteiger partial charge in [0.05, 0.1) is 29.8 Å². The molecule has 0 spiro atoms. The fourth-order valence-electron chi connectivity index (χ4n) is 3.78. The summed E-state index contributed by atoms with van der Waals surface area (Å²) in [6.45, 7) is 3.78. The molecule has 188 valence electrons. The van der Waals surface area contributed by atoms with Crippen molar-refractivity contribution in [2.24, 2.45) is 10.2 Å². The normalized spacial score (nSPS) is 11.8. The first-order chi connectivity index (χ1) is 18.6. The molecule has 2 N–H and O–H groups in total. The van der Waals surface area contributed by atoms with Crippen molar-refractivity contribution in [2.45, 2.75) is 13.8 Å². The number of benzene rings is 3. The number of hydrogen-bond acceptors (Lipinski definition) is 6. The molecular weight excluding hydrogens is 476 g/mol. The second kappa shape index (κ2) is 11.2. The molecule has 9 heteroatoms. The van der Waals surface area contributed by atoms with Crippen LogP contribution in [0.5, 0.6) is 0 Å². The second-order valence-corrected chi connectivity index (χ2v) is 8.56. The zero-order valence-electron chi connectivity index (χ0n) is 21.0. The van der Waals surface area contributed by atoms with Gasteiger partial charge in [0.15, 0.2) is 0 Å². The van der Waals surface area contributed by atoms with Crippen LogP contribution in [0.1, 0.15) is 35.3 Å². The van der Waals surface area contributed by atoms with Crippen molar-refractivity contribution in [3.63, 3.8) is 0 Å². The minimum Gasteiger partial charge on any atom is -0.306 e. The van der Waals surface area contributed by atoms with E-state index in [4.69, 9.17) is 0 Å². The van der Waals surface area contributed by atoms with Crippen LogP contribution >= 0.6 is 0 Å². The van der Waals surface area contributed by atoms with Crippen LogP contribution < -0.4 is 10.9 Å². The number of hydrogen-bond donors (Lipinski definition) is 2. The van der Waals surface area contributed by atoms with E-state index in [1.54, 1.807) is 43.2 Å². The summed E-state index contributed by atoms with van der Waals surface area (Å²) in [6, 6.07) is 23.0. The van der Waals surface area contributed by atoms with Gasteiger partial charge in [0.2, 0.25) is 0 Å². The van der Waals surface area contributed by atoms with Crippen molar-refractivity contribution >= 4 is 23.0 Å². The van der Waals surface area contributed by atoms with Crippen molar-refractivity contribution in [3.05, 3.63) is 127 Å². The van der Waals surface area contributed by atoms with Gasteiger partial charge in [-0.2, -0.15) is 10.2 Å². The maximum atomic E-state index is 12.7. The topological polar surface area (TPSA) is 101 Å². The number of amides is 1. The molecule has 0 aliphatic carbocycles. The molecular formula is C29H26N8O. The molecule has 0 bridgehead atoms. The minimum absolute atomic E-state index is 0.307. The largest absolute Gasteiger partial charge is 0.306 e. The average Bonchev–Trinajstić information content (AvgIpc) is 3.70. The van der Waals surface area contributed by atoms with Crippen LogP contribution in [0.3, 0.4) is 0 Å². The van der Waals surface area contributed by atoms with E-state index in [2.05, 4.69) is 31.0 Å². The van der Waals surface area contributed by atoms with E-state index in [1.807, 2.05) is 90.0 Å². The van der Waals surface area contributed by atoms with Crippen molar-refractivity contribution in [2.75, 3.05) is 5.43 Å². The summed E-state index contributed by atoms with van der Waals surface area (Å²) in [7, 11) is 0. The van der Waals surface area contributed by atoms with Crippen molar-refractivity contribution < 1.29 is 4.79 Å². The van der Waals surface area contributed by atoms with E-state index in [0.717, 1.165) is 28.2 Å². The number of hydrazone groups is 2. The van der Waals surface area contributed by atoms with Crippen LogP contribution in [0.25, 0.3) is 11.4 Å². The summed E-state index contributed by atoms with van der Waals surface area (Å²) in [5, 5.41) is 8.76. The van der Waals surface area contributed by atoms with E-state index in [9.17, 15) is 4.79 Å². The average molecular weight is 503 g/mol. The highest BCUT2D eigenvalue weighted by Crippen LogP contribution is 2.14. The van der Waals surface area contributed by atoms with Gasteiger partial charge in [-0.15, -0.1) is 0 Å². The number of nitrogens with one attached hydrogen (secondary N) is 2. The standard InChI is InChI=1S/C29H26N8O/c1-21(23-6-10-27(11-7-23)36-16-14-30-19-36)32-34-26-5-3-4-25(18-26)29(38)35-33-22(2)24-8-12-28(13-9-24)37-17-15-31-20-37/h3-20,34H,1-2H3,(H,35,38). The van der Waals surface area contributed by atoms with Crippen molar-refractivity contribution in [1.82, 2.24) is 24.5 Å². The molecule has 0 unspecified atom stereocenters. The van der Waals surface area contributed by atoms with Crippen LogP contribution in [0, 0.1) is 0 Å². The minimum atomic E-state index is -0.307. The van der Waals surface area contributed by atoms with Crippen LogP contribution in [0.4, 0.5) is 5.69 Å². The van der Waals surface area contributed by atoms with E-state index >= 15 is 0 Å². The molecule has 3 aromatic carbocycles. The van der Waals surface area contributed by atoms with Crippen LogP contribution in [-0.4, -0.2) is 36.4 Å². The molecule has 0 saturated heterocycles. The Balaban J connectivity index is 1.20. The van der Waals surface area contributed by atoms with Crippen molar-refractivity contribution in [1.29, 1.82) is 0 Å². The monoisotopic (exact) mass is 502 g/mol. The first-order valence-corrected chi connectivity index (χ1v) is 12.0. The maximum absolute atomic E-state index is 12.7. The van der Waals surface area contributed by atoms with Gasteiger partial charge in [0, 0.05) is 41.7 Å². The molecule has 0 atom stereocenters. The van der Waals surface area contributed by atoms with Gasteiger partial charge in [-0.3, -0.25) is 10.2 Å². The van der Waals surface area contributed by atoms with Gasteiger partial charge in [-0.05, 0) is 67.4 Å². The zero-order chi connectivity index (χ0) is 26.3. The molecule has 2 aromatic heterocycles. The second-order valence-electron chi connectivity index (χ2n) is 8.56. The molecule has 0 saturated carbocycles. The summed E-state index contributed by atoms with van der Waals surface area (Å²) >= 11 is 0. The molecule has 1 amide bonds. The first kappa shape index (κ1) is 24.4. The number of nitrogens with zero attached hydrogens (tertiary/aromatic N) is 6. The number of anilines is 1. The third kappa shape index (κ3) is 5.73. The van der Waals surface area contributed by atoms with Crippen LogP contribution in [0.2, 0.25) is 0 Å². The number of carbonyl (C=O) groups is 1. The molecule has 5 aromatic rings. The highest BCUT2D eigenvalue weighted by atomic mass is 16.2. The summed E-state index contributed by atoms with van der Waals surface area (Å²) < 4.78 is 3.86. The number of carbonyl (C=O) groups excluding carboxylic acids is 1. The van der Waals surface area contributed by atoms with E-state index in [-0.39, 0.29) is 5.91 Å². The Bertz CT molecular complexity index is 1570. The lowest BCUT2D eigenvalue weighted by atomic mass is 10.1. The predicted octanol–water partition coefficient (Wildman–Crippen LogP) is 5.05. The Morgan fingerprint density at radius 3 is 1.79 bits per heavy atom. The summed E-state index contributed by atoms with van der Waals surface area (Å²) in [6.07, 6.45) is 10.8. The highest BCUT2D eigenvalue weighted by molar-refractivity contribution is 6.01. The zero-order valence-corrected chi connectivity index (χ0v) is 21.0. The summed E-state index contributed by atoms with van der Waals surface area (Å²) in [5.74, 6) is -0.307. The molecule has 9 nitrogen and oxygen atoms in total. The van der Waals surface area contributed by atoms with E-state index in [1.165, 1.54) is 0 Å². The maximum Gasteiger partial charge on any atom is 0.271 e. The Morgan fingerprint density at radius 1 is 0.711 bits per heavy atom. The van der Waals surface area contributed by atoms with Crippen LogP contribution in [0.15, 0.2) is 120 Å². The van der Waals surface area contributed by atoms with Gasteiger partial charge in [0.1, 0.15) is 0 Å².